The van der Waals surface area contributed by atoms with Gasteiger partial charge in [0.05, 0.1) is 29.4 Å². The van der Waals surface area contributed by atoms with Gasteiger partial charge in [0.2, 0.25) is 10.0 Å². The van der Waals surface area contributed by atoms with Gasteiger partial charge in [-0.1, -0.05) is 11.6 Å². The number of carbonyl (C=O) groups excluding carboxylic acids is 4. The van der Waals surface area contributed by atoms with Crippen LogP contribution in [0.15, 0.2) is 23.1 Å². The van der Waals surface area contributed by atoms with Crippen molar-refractivity contribution in [3.8, 4) is 0 Å². The Labute approximate surface area is 229 Å². The fourth-order valence-electron chi connectivity index (χ4n) is 3.71. The molecule has 1 N–H and O–H groups in total. The van der Waals surface area contributed by atoms with Gasteiger partial charge in [-0.3, -0.25) is 4.79 Å². The Morgan fingerprint density at radius 3 is 2.26 bits per heavy atom. The molecule has 1 aromatic heterocycles. The van der Waals surface area contributed by atoms with Crippen molar-refractivity contribution < 1.29 is 41.8 Å². The van der Waals surface area contributed by atoms with E-state index in [2.05, 4.69) is 5.32 Å². The summed E-state index contributed by atoms with van der Waals surface area (Å²) < 4.78 is 42.2. The Morgan fingerprint density at radius 1 is 1.00 bits per heavy atom. The molecule has 0 bridgehead atoms. The van der Waals surface area contributed by atoms with E-state index in [1.807, 2.05) is 0 Å². The summed E-state index contributed by atoms with van der Waals surface area (Å²) in [6.45, 7) is 4.95. The Balaban J connectivity index is 1.74. The van der Waals surface area contributed by atoms with Crippen LogP contribution in [-0.2, 0) is 29.0 Å². The number of rotatable bonds is 10. The number of esters is 3. The van der Waals surface area contributed by atoms with Crippen molar-refractivity contribution in [3.63, 3.8) is 0 Å². The molecule has 2 heterocycles. The summed E-state index contributed by atoms with van der Waals surface area (Å²) in [6.07, 6.45) is 1.47. The van der Waals surface area contributed by atoms with E-state index in [0.29, 0.717) is 13.1 Å². The lowest BCUT2D eigenvalue weighted by atomic mass is 10.1. The lowest BCUT2D eigenvalue weighted by Gasteiger charge is -2.17. The van der Waals surface area contributed by atoms with Crippen molar-refractivity contribution in [2.24, 2.45) is 0 Å². The van der Waals surface area contributed by atoms with Crippen LogP contribution in [0.5, 0.6) is 0 Å². The molecule has 1 aromatic carbocycles. The first-order chi connectivity index (χ1) is 18.0. The third kappa shape index (κ3) is 6.52. The zero-order valence-electron chi connectivity index (χ0n) is 21.0. The standard InChI is InChI=1S/C24H27ClN2O9S2/c1-4-34-23(30)19-14(3)20(24(31)35-5-2)37-21(19)26-18(28)13-36-22(29)15-8-9-16(25)17(12-15)38(32,33)27-10-6-7-11-27/h8-9,12H,4-7,10-11,13H2,1-3H3,(H,26,28). The second-order valence-electron chi connectivity index (χ2n) is 8.08. The second kappa shape index (κ2) is 12.7. The van der Waals surface area contributed by atoms with Gasteiger partial charge in [-0.15, -0.1) is 11.3 Å². The van der Waals surface area contributed by atoms with E-state index >= 15 is 0 Å². The molecule has 0 radical (unpaired) electrons. The molecule has 0 unspecified atom stereocenters. The molecule has 14 heteroatoms. The number of ether oxygens (including phenoxy) is 3. The van der Waals surface area contributed by atoms with Crippen LogP contribution in [0.3, 0.4) is 0 Å². The molecule has 0 atom stereocenters. The molecular formula is C24H27ClN2O9S2. The number of halogens is 1. The minimum absolute atomic E-state index is 0.00552. The first-order valence-electron chi connectivity index (χ1n) is 11.8. The van der Waals surface area contributed by atoms with Gasteiger partial charge in [0, 0.05) is 13.1 Å². The molecule has 2 aromatic rings. The SMILES string of the molecule is CCOC(=O)c1sc(NC(=O)COC(=O)c2ccc(Cl)c(S(=O)(=O)N3CCCC3)c2)c(C(=O)OCC)c1C. The largest absolute Gasteiger partial charge is 0.462 e. The quantitative estimate of drug-likeness (QED) is 0.325. The Morgan fingerprint density at radius 2 is 1.63 bits per heavy atom. The van der Waals surface area contributed by atoms with Gasteiger partial charge in [-0.25, -0.2) is 22.8 Å². The van der Waals surface area contributed by atoms with Gasteiger partial charge in [0.15, 0.2) is 6.61 Å². The van der Waals surface area contributed by atoms with Crippen molar-refractivity contribution in [3.05, 3.63) is 44.8 Å². The van der Waals surface area contributed by atoms with Gasteiger partial charge >= 0.3 is 17.9 Å². The first-order valence-corrected chi connectivity index (χ1v) is 14.4. The number of sulfonamides is 1. The summed E-state index contributed by atoms with van der Waals surface area (Å²) in [5.41, 5.74) is 0.171. The van der Waals surface area contributed by atoms with Crippen molar-refractivity contribution in [2.75, 3.05) is 38.2 Å². The van der Waals surface area contributed by atoms with Gasteiger partial charge in [-0.05, 0) is 57.4 Å². The predicted molar refractivity (Wildman–Crippen MR) is 139 cm³/mol. The Hall–Kier alpha value is -3.00. The molecule has 1 fully saturated rings. The van der Waals surface area contributed by atoms with E-state index in [0.717, 1.165) is 30.2 Å². The average Bonchev–Trinajstić information content (AvgIpc) is 3.52. The highest BCUT2D eigenvalue weighted by molar-refractivity contribution is 7.89. The maximum absolute atomic E-state index is 12.9. The van der Waals surface area contributed by atoms with E-state index in [9.17, 15) is 27.6 Å². The molecule has 0 aliphatic carbocycles. The zero-order chi connectivity index (χ0) is 28.0. The Kier molecular flexibility index (Phi) is 9.88. The summed E-state index contributed by atoms with van der Waals surface area (Å²) in [7, 11) is -3.89. The van der Waals surface area contributed by atoms with Gasteiger partial charge in [0.25, 0.3) is 5.91 Å². The number of anilines is 1. The molecule has 206 valence electrons. The van der Waals surface area contributed by atoms with E-state index in [1.54, 1.807) is 13.8 Å². The monoisotopic (exact) mass is 586 g/mol. The predicted octanol–water partition coefficient (Wildman–Crippen LogP) is 3.64. The summed E-state index contributed by atoms with van der Waals surface area (Å²) in [4.78, 5) is 49.8. The lowest BCUT2D eigenvalue weighted by molar-refractivity contribution is -0.119. The van der Waals surface area contributed by atoms with Gasteiger partial charge in [-0.2, -0.15) is 4.31 Å². The van der Waals surface area contributed by atoms with Crippen LogP contribution in [0.25, 0.3) is 0 Å². The van der Waals surface area contributed by atoms with Crippen molar-refractivity contribution in [2.45, 2.75) is 38.5 Å². The number of amides is 1. The average molecular weight is 587 g/mol. The smallest absolute Gasteiger partial charge is 0.348 e. The number of hydrogen-bond acceptors (Lipinski definition) is 10. The minimum Gasteiger partial charge on any atom is -0.462 e. The molecule has 38 heavy (non-hydrogen) atoms. The molecule has 3 rings (SSSR count). The fraction of sp³-hybridized carbons (Fsp3) is 0.417. The molecule has 0 spiro atoms. The number of nitrogens with zero attached hydrogens (tertiary/aromatic N) is 1. The van der Waals surface area contributed by atoms with E-state index < -0.39 is 40.4 Å². The summed E-state index contributed by atoms with van der Waals surface area (Å²) in [5, 5.41) is 2.47. The summed E-state index contributed by atoms with van der Waals surface area (Å²) >= 11 is 6.94. The number of benzene rings is 1. The third-order valence-corrected chi connectivity index (χ3v) is 9.09. The molecule has 1 aliphatic heterocycles. The molecule has 11 nitrogen and oxygen atoms in total. The van der Waals surface area contributed by atoms with Gasteiger partial charge in [0.1, 0.15) is 14.8 Å². The highest BCUT2D eigenvalue weighted by Gasteiger charge is 2.30. The maximum Gasteiger partial charge on any atom is 0.348 e. The Bertz CT molecular complexity index is 1350. The summed E-state index contributed by atoms with van der Waals surface area (Å²) in [5.74, 6) is -3.14. The minimum atomic E-state index is -3.89. The highest BCUT2D eigenvalue weighted by Crippen LogP contribution is 2.34. The number of hydrogen-bond donors (Lipinski definition) is 1. The van der Waals surface area contributed by atoms with E-state index in [4.69, 9.17) is 25.8 Å². The van der Waals surface area contributed by atoms with Crippen molar-refractivity contribution in [1.29, 1.82) is 0 Å². The topological polar surface area (TPSA) is 145 Å². The molecule has 1 aliphatic rings. The van der Waals surface area contributed by atoms with Crippen LogP contribution in [0, 0.1) is 6.92 Å². The number of nitrogens with one attached hydrogen (secondary N) is 1. The fourth-order valence-corrected chi connectivity index (χ4v) is 6.84. The van der Waals surface area contributed by atoms with Crippen LogP contribution >= 0.6 is 22.9 Å². The van der Waals surface area contributed by atoms with E-state index in [-0.39, 0.29) is 49.7 Å². The molecule has 0 saturated carbocycles. The van der Waals surface area contributed by atoms with Crippen LogP contribution in [0.1, 0.15) is 62.6 Å². The lowest BCUT2D eigenvalue weighted by Crippen LogP contribution is -2.28. The molecule has 1 saturated heterocycles. The first kappa shape index (κ1) is 29.6. The second-order valence-corrected chi connectivity index (χ2v) is 11.4. The normalized spacial score (nSPS) is 13.7. The van der Waals surface area contributed by atoms with E-state index in [1.165, 1.54) is 23.4 Å². The van der Waals surface area contributed by atoms with Crippen molar-refractivity contribution >= 4 is 61.8 Å². The van der Waals surface area contributed by atoms with Crippen LogP contribution < -0.4 is 5.32 Å². The van der Waals surface area contributed by atoms with Crippen LogP contribution in [0.4, 0.5) is 5.00 Å². The van der Waals surface area contributed by atoms with Gasteiger partial charge < -0.3 is 19.5 Å². The number of thiophene rings is 1. The van der Waals surface area contributed by atoms with Crippen LogP contribution in [-0.4, -0.2) is 69.4 Å². The van der Waals surface area contributed by atoms with Crippen molar-refractivity contribution in [1.82, 2.24) is 4.31 Å². The highest BCUT2D eigenvalue weighted by atomic mass is 35.5. The molecular weight excluding hydrogens is 560 g/mol. The zero-order valence-corrected chi connectivity index (χ0v) is 23.4. The summed E-state index contributed by atoms with van der Waals surface area (Å²) in [6, 6.07) is 3.68. The van der Waals surface area contributed by atoms with Crippen LogP contribution in [0.2, 0.25) is 5.02 Å². The molecule has 1 amide bonds. The third-order valence-electron chi connectivity index (χ3n) is 5.52. The maximum atomic E-state index is 12.9. The number of carbonyl (C=O) groups is 4.